The van der Waals surface area contributed by atoms with Crippen LogP contribution in [0.4, 0.5) is 0 Å². The lowest BCUT2D eigenvalue weighted by Gasteiger charge is -2.35. The van der Waals surface area contributed by atoms with Crippen LogP contribution in [0.3, 0.4) is 0 Å². The summed E-state index contributed by atoms with van der Waals surface area (Å²) in [5.41, 5.74) is 5.71. The van der Waals surface area contributed by atoms with E-state index in [1.807, 2.05) is 0 Å². The Morgan fingerprint density at radius 1 is 0.526 bits per heavy atom. The van der Waals surface area contributed by atoms with Gasteiger partial charge in [-0.25, -0.2) is 0 Å². The van der Waals surface area contributed by atoms with E-state index in [2.05, 4.69) is 47.9 Å². The largest absolute Gasteiger partial charge is 0.454 e. The molecule has 2 unspecified atom stereocenters. The van der Waals surface area contributed by atoms with E-state index in [1.54, 1.807) is 0 Å². The van der Waals surface area contributed by atoms with E-state index in [-0.39, 0.29) is 0 Å². The molecule has 2 atom stereocenters. The monoisotopic (exact) mass is 520 g/mol. The average molecular weight is 521 g/mol. The average Bonchev–Trinajstić information content (AvgIpc) is 3.56. The Bertz CT molecular complexity index is 1030. The van der Waals surface area contributed by atoms with Crippen molar-refractivity contribution in [3.8, 4) is 23.0 Å². The van der Waals surface area contributed by atoms with Gasteiger partial charge in [-0.1, -0.05) is 38.5 Å². The van der Waals surface area contributed by atoms with Crippen LogP contribution in [-0.4, -0.2) is 48.6 Å². The number of fused-ring (bicyclic) bond motifs is 4. The van der Waals surface area contributed by atoms with Gasteiger partial charge in [0.25, 0.3) is 0 Å². The number of hydrogen-bond donors (Lipinski definition) is 0. The lowest BCUT2D eigenvalue weighted by atomic mass is 9.93. The molecule has 206 valence electrons. The molecule has 0 amide bonds. The maximum atomic E-state index is 5.60. The van der Waals surface area contributed by atoms with E-state index in [4.69, 9.17) is 18.9 Å². The van der Waals surface area contributed by atoms with Crippen LogP contribution in [0.2, 0.25) is 0 Å². The lowest BCUT2D eigenvalue weighted by molar-refractivity contribution is 0.173. The topological polar surface area (TPSA) is 43.4 Å². The molecular weight excluding hydrogens is 476 g/mol. The first kappa shape index (κ1) is 25.8. The maximum Gasteiger partial charge on any atom is 0.231 e. The van der Waals surface area contributed by atoms with E-state index in [0.717, 1.165) is 48.9 Å². The number of ether oxygens (including phenoxy) is 4. The van der Waals surface area contributed by atoms with Crippen molar-refractivity contribution in [2.24, 2.45) is 0 Å². The molecule has 6 heteroatoms. The van der Waals surface area contributed by atoms with Crippen molar-refractivity contribution in [3.05, 3.63) is 46.5 Å². The van der Waals surface area contributed by atoms with Crippen molar-refractivity contribution in [2.75, 3.05) is 26.7 Å². The number of hydrogen-bond acceptors (Lipinski definition) is 6. The third-order valence-corrected chi connectivity index (χ3v) is 9.05. The van der Waals surface area contributed by atoms with Crippen molar-refractivity contribution in [1.29, 1.82) is 0 Å². The standard InChI is InChI=1S/C32H44N2O4/c1-23-13-25-15-29-31(37-21-35-29)17-27(25)19-33(23)11-9-7-5-3-4-6-8-10-12-34-20-28-18-32-30(36-22-38-32)16-26(28)14-24(34)2/h15-18,23-24H,3-14,19-22H2,1-2H3. The first-order valence-electron chi connectivity index (χ1n) is 14.9. The number of unbranched alkanes of at least 4 members (excludes halogenated alkanes) is 7. The van der Waals surface area contributed by atoms with Gasteiger partial charge < -0.3 is 18.9 Å². The van der Waals surface area contributed by atoms with Crippen LogP contribution < -0.4 is 18.9 Å². The molecule has 6 nitrogen and oxygen atoms in total. The Morgan fingerprint density at radius 2 is 0.868 bits per heavy atom. The fourth-order valence-corrected chi connectivity index (χ4v) is 6.66. The van der Waals surface area contributed by atoms with Gasteiger partial charge in [-0.15, -0.1) is 0 Å². The van der Waals surface area contributed by atoms with Crippen LogP contribution in [0.1, 0.15) is 87.5 Å². The van der Waals surface area contributed by atoms with Crippen LogP contribution in [0.25, 0.3) is 0 Å². The number of nitrogens with zero attached hydrogens (tertiary/aromatic N) is 2. The van der Waals surface area contributed by atoms with E-state index < -0.39 is 0 Å². The molecule has 2 aromatic rings. The summed E-state index contributed by atoms with van der Waals surface area (Å²) in [6, 6.07) is 10.0. The van der Waals surface area contributed by atoms with Crippen molar-refractivity contribution in [2.45, 2.75) is 103 Å². The van der Waals surface area contributed by atoms with E-state index in [9.17, 15) is 0 Å². The van der Waals surface area contributed by atoms with Crippen molar-refractivity contribution < 1.29 is 18.9 Å². The molecular formula is C32H44N2O4. The minimum absolute atomic E-state index is 0.359. The van der Waals surface area contributed by atoms with Gasteiger partial charge in [-0.05, 0) is 99.1 Å². The van der Waals surface area contributed by atoms with Crippen LogP contribution in [0.15, 0.2) is 24.3 Å². The van der Waals surface area contributed by atoms with Gasteiger partial charge in [0.2, 0.25) is 13.6 Å². The molecule has 6 rings (SSSR count). The molecule has 0 spiro atoms. The molecule has 0 radical (unpaired) electrons. The normalized spacial score (nSPS) is 21.9. The summed E-state index contributed by atoms with van der Waals surface area (Å²) in [5, 5.41) is 0. The summed E-state index contributed by atoms with van der Waals surface area (Å²) in [4.78, 5) is 5.30. The third-order valence-electron chi connectivity index (χ3n) is 9.05. The second kappa shape index (κ2) is 11.7. The lowest BCUT2D eigenvalue weighted by Crippen LogP contribution is -2.38. The highest BCUT2D eigenvalue weighted by Gasteiger charge is 2.27. The molecule has 0 saturated heterocycles. The second-order valence-electron chi connectivity index (χ2n) is 11.8. The Labute approximate surface area is 228 Å². The highest BCUT2D eigenvalue weighted by atomic mass is 16.7. The van der Waals surface area contributed by atoms with E-state index >= 15 is 0 Å². The van der Waals surface area contributed by atoms with E-state index in [1.165, 1.54) is 86.7 Å². The van der Waals surface area contributed by atoms with Gasteiger partial charge in [-0.2, -0.15) is 0 Å². The molecule has 4 aliphatic heterocycles. The molecule has 0 fully saturated rings. The molecule has 0 aliphatic carbocycles. The summed E-state index contributed by atoms with van der Waals surface area (Å²) >= 11 is 0. The van der Waals surface area contributed by atoms with Crippen molar-refractivity contribution in [3.63, 3.8) is 0 Å². The fraction of sp³-hybridized carbons (Fsp3) is 0.625. The molecule has 0 aromatic heterocycles. The Kier molecular flexibility index (Phi) is 7.98. The zero-order chi connectivity index (χ0) is 25.9. The maximum absolute atomic E-state index is 5.60. The summed E-state index contributed by atoms with van der Waals surface area (Å²) in [5.74, 6) is 3.68. The summed E-state index contributed by atoms with van der Waals surface area (Å²) in [6.07, 6.45) is 13.0. The van der Waals surface area contributed by atoms with E-state index in [0.29, 0.717) is 25.7 Å². The fourth-order valence-electron chi connectivity index (χ4n) is 6.66. The Hall–Kier alpha value is -2.44. The summed E-state index contributed by atoms with van der Waals surface area (Å²) in [6.45, 7) is 9.94. The second-order valence-corrected chi connectivity index (χ2v) is 11.8. The third kappa shape index (κ3) is 5.76. The van der Waals surface area contributed by atoms with Crippen LogP contribution in [-0.2, 0) is 25.9 Å². The van der Waals surface area contributed by atoms with Crippen LogP contribution >= 0.6 is 0 Å². The molecule has 38 heavy (non-hydrogen) atoms. The molecule has 2 aromatic carbocycles. The first-order chi connectivity index (χ1) is 18.6. The van der Waals surface area contributed by atoms with Gasteiger partial charge in [0.15, 0.2) is 23.0 Å². The number of rotatable bonds is 11. The quantitative estimate of drug-likeness (QED) is 0.317. The first-order valence-corrected chi connectivity index (χ1v) is 14.9. The van der Waals surface area contributed by atoms with Crippen LogP contribution in [0, 0.1) is 0 Å². The molecule has 4 aliphatic rings. The van der Waals surface area contributed by atoms with Gasteiger partial charge in [0.1, 0.15) is 0 Å². The zero-order valence-corrected chi connectivity index (χ0v) is 23.3. The summed E-state index contributed by atoms with van der Waals surface area (Å²) < 4.78 is 22.3. The van der Waals surface area contributed by atoms with Crippen molar-refractivity contribution >= 4 is 0 Å². The highest BCUT2D eigenvalue weighted by molar-refractivity contribution is 5.50. The highest BCUT2D eigenvalue weighted by Crippen LogP contribution is 2.39. The Morgan fingerprint density at radius 3 is 1.26 bits per heavy atom. The van der Waals surface area contributed by atoms with Gasteiger partial charge in [-0.3, -0.25) is 9.80 Å². The van der Waals surface area contributed by atoms with Crippen LogP contribution in [0.5, 0.6) is 23.0 Å². The molecule has 4 heterocycles. The predicted octanol–water partition coefficient (Wildman–Crippen LogP) is 6.46. The predicted molar refractivity (Wildman–Crippen MR) is 149 cm³/mol. The minimum Gasteiger partial charge on any atom is -0.454 e. The smallest absolute Gasteiger partial charge is 0.231 e. The minimum atomic E-state index is 0.359. The number of benzene rings is 2. The SMILES string of the molecule is CC1Cc2cc3c(cc2CN1CCCCCCCCCCN1Cc2cc4c(cc2CC1C)OCO4)OCO3. The molecule has 0 bridgehead atoms. The zero-order valence-electron chi connectivity index (χ0n) is 23.3. The van der Waals surface area contributed by atoms with Gasteiger partial charge in [0.05, 0.1) is 0 Å². The Balaban J connectivity index is 0.828. The van der Waals surface area contributed by atoms with Gasteiger partial charge in [0, 0.05) is 25.2 Å². The molecule has 0 saturated carbocycles. The van der Waals surface area contributed by atoms with Crippen molar-refractivity contribution in [1.82, 2.24) is 9.80 Å². The summed E-state index contributed by atoms with van der Waals surface area (Å²) in [7, 11) is 0. The molecule has 0 N–H and O–H groups in total. The van der Waals surface area contributed by atoms with Gasteiger partial charge >= 0.3 is 0 Å².